The summed E-state index contributed by atoms with van der Waals surface area (Å²) in [7, 11) is -3.00. The number of anilines is 1. The molecule has 9 heteroatoms. The first-order valence-corrected chi connectivity index (χ1v) is 8.30. The van der Waals surface area contributed by atoms with Crippen molar-refractivity contribution in [1.82, 2.24) is 20.2 Å². The molecule has 0 unspecified atom stereocenters. The molecular formula is C11H14ClN5O2S. The predicted molar refractivity (Wildman–Crippen MR) is 77.0 cm³/mol. The Kier molecular flexibility index (Phi) is 4.24. The van der Waals surface area contributed by atoms with E-state index in [4.69, 9.17) is 17.3 Å². The number of halogens is 1. The van der Waals surface area contributed by atoms with Crippen molar-refractivity contribution in [2.24, 2.45) is 0 Å². The first-order chi connectivity index (χ1) is 9.38. The highest BCUT2D eigenvalue weighted by Crippen LogP contribution is 2.31. The first kappa shape index (κ1) is 14.7. The minimum atomic E-state index is -3.00. The van der Waals surface area contributed by atoms with E-state index in [9.17, 15) is 8.42 Å². The third kappa shape index (κ3) is 3.45. The van der Waals surface area contributed by atoms with Gasteiger partial charge in [-0.1, -0.05) is 17.7 Å². The Hall–Kier alpha value is -1.67. The van der Waals surface area contributed by atoms with Gasteiger partial charge in [0.1, 0.15) is 9.84 Å². The number of nitrogens with two attached hydrogens (primary N) is 1. The number of tetrazole rings is 1. The SMILES string of the molecule is CS(=O)(=O)CCCn1nnnc1-c1c(N)cccc1Cl. The average Bonchev–Trinajstić information content (AvgIpc) is 2.75. The van der Waals surface area contributed by atoms with Crippen LogP contribution in [-0.4, -0.2) is 40.6 Å². The molecule has 2 aromatic rings. The maximum atomic E-state index is 11.1. The molecule has 2 N–H and O–H groups in total. The highest BCUT2D eigenvalue weighted by Gasteiger charge is 2.15. The van der Waals surface area contributed by atoms with Gasteiger partial charge in [-0.25, -0.2) is 13.1 Å². The summed E-state index contributed by atoms with van der Waals surface area (Å²) in [6, 6.07) is 5.14. The Bertz CT molecular complexity index is 693. The number of nitrogens with zero attached hydrogens (tertiary/aromatic N) is 4. The zero-order chi connectivity index (χ0) is 14.8. The number of rotatable bonds is 5. The number of hydrogen-bond acceptors (Lipinski definition) is 6. The van der Waals surface area contributed by atoms with Crippen LogP contribution < -0.4 is 5.73 Å². The van der Waals surface area contributed by atoms with Crippen molar-refractivity contribution in [3.05, 3.63) is 23.2 Å². The molecule has 1 heterocycles. The van der Waals surface area contributed by atoms with Crippen LogP contribution >= 0.6 is 11.6 Å². The molecule has 0 bridgehead atoms. The van der Waals surface area contributed by atoms with Crippen molar-refractivity contribution >= 4 is 27.1 Å². The molecule has 0 saturated carbocycles. The monoisotopic (exact) mass is 315 g/mol. The minimum Gasteiger partial charge on any atom is -0.398 e. The predicted octanol–water partition coefficient (Wildman–Crippen LogP) is 1.01. The lowest BCUT2D eigenvalue weighted by atomic mass is 10.1. The molecule has 20 heavy (non-hydrogen) atoms. The Morgan fingerprint density at radius 2 is 2.15 bits per heavy atom. The number of nitrogen functional groups attached to an aromatic ring is 1. The van der Waals surface area contributed by atoms with Gasteiger partial charge in [0.25, 0.3) is 0 Å². The fraction of sp³-hybridized carbons (Fsp3) is 0.364. The molecule has 0 amide bonds. The molecule has 7 nitrogen and oxygen atoms in total. The van der Waals surface area contributed by atoms with E-state index in [2.05, 4.69) is 15.5 Å². The summed E-state index contributed by atoms with van der Waals surface area (Å²) in [6.07, 6.45) is 1.61. The van der Waals surface area contributed by atoms with Crippen LogP contribution in [0.25, 0.3) is 11.4 Å². The van der Waals surface area contributed by atoms with Crippen LogP contribution in [0.4, 0.5) is 5.69 Å². The highest BCUT2D eigenvalue weighted by atomic mass is 35.5. The summed E-state index contributed by atoms with van der Waals surface area (Å²) in [6.45, 7) is 0.375. The summed E-state index contributed by atoms with van der Waals surface area (Å²) in [5.74, 6) is 0.506. The van der Waals surface area contributed by atoms with E-state index >= 15 is 0 Å². The second kappa shape index (κ2) is 5.76. The van der Waals surface area contributed by atoms with E-state index in [1.54, 1.807) is 18.2 Å². The Balaban J connectivity index is 2.25. The molecule has 0 aliphatic rings. The number of aromatic nitrogens is 4. The Morgan fingerprint density at radius 3 is 2.80 bits per heavy atom. The number of hydrogen-bond donors (Lipinski definition) is 1. The molecule has 0 spiro atoms. The largest absolute Gasteiger partial charge is 0.398 e. The average molecular weight is 316 g/mol. The first-order valence-electron chi connectivity index (χ1n) is 5.87. The van der Waals surface area contributed by atoms with Gasteiger partial charge in [-0.15, -0.1) is 5.10 Å². The number of sulfone groups is 1. The second-order valence-corrected chi connectivity index (χ2v) is 7.08. The van der Waals surface area contributed by atoms with Crippen LogP contribution in [0.2, 0.25) is 5.02 Å². The molecule has 0 saturated heterocycles. The Labute approximate surface area is 121 Å². The molecule has 0 radical (unpaired) electrons. The lowest BCUT2D eigenvalue weighted by Crippen LogP contribution is -2.10. The lowest BCUT2D eigenvalue weighted by molar-refractivity contribution is 0.567. The highest BCUT2D eigenvalue weighted by molar-refractivity contribution is 7.90. The van der Waals surface area contributed by atoms with Gasteiger partial charge in [-0.2, -0.15) is 0 Å². The molecular weight excluding hydrogens is 302 g/mol. The number of aryl methyl sites for hydroxylation is 1. The van der Waals surface area contributed by atoms with Gasteiger partial charge >= 0.3 is 0 Å². The van der Waals surface area contributed by atoms with Crippen LogP contribution in [-0.2, 0) is 16.4 Å². The summed E-state index contributed by atoms with van der Waals surface area (Å²) in [5.41, 5.74) is 6.91. The lowest BCUT2D eigenvalue weighted by Gasteiger charge is -2.08. The zero-order valence-electron chi connectivity index (χ0n) is 10.8. The van der Waals surface area contributed by atoms with Crippen molar-refractivity contribution in [1.29, 1.82) is 0 Å². The van der Waals surface area contributed by atoms with E-state index in [0.29, 0.717) is 35.1 Å². The molecule has 1 aromatic heterocycles. The van der Waals surface area contributed by atoms with E-state index in [-0.39, 0.29) is 5.75 Å². The van der Waals surface area contributed by atoms with E-state index in [1.165, 1.54) is 10.9 Å². The van der Waals surface area contributed by atoms with E-state index in [1.807, 2.05) is 0 Å². The van der Waals surface area contributed by atoms with Crippen LogP contribution in [0.15, 0.2) is 18.2 Å². The van der Waals surface area contributed by atoms with Crippen LogP contribution in [0.3, 0.4) is 0 Å². The molecule has 0 aliphatic carbocycles. The quantitative estimate of drug-likeness (QED) is 0.826. The smallest absolute Gasteiger partial charge is 0.185 e. The second-order valence-electron chi connectivity index (χ2n) is 4.41. The zero-order valence-corrected chi connectivity index (χ0v) is 12.4. The normalized spacial score (nSPS) is 11.7. The van der Waals surface area contributed by atoms with Gasteiger partial charge in [0.2, 0.25) is 0 Å². The topological polar surface area (TPSA) is 104 Å². The van der Waals surface area contributed by atoms with Crippen LogP contribution in [0, 0.1) is 0 Å². The molecule has 0 aliphatic heterocycles. The summed E-state index contributed by atoms with van der Waals surface area (Å²) in [4.78, 5) is 0. The molecule has 0 atom stereocenters. The third-order valence-electron chi connectivity index (χ3n) is 2.69. The van der Waals surface area contributed by atoms with Crippen molar-refractivity contribution in [2.45, 2.75) is 13.0 Å². The fourth-order valence-electron chi connectivity index (χ4n) is 1.79. The van der Waals surface area contributed by atoms with E-state index in [0.717, 1.165) is 0 Å². The van der Waals surface area contributed by atoms with Crippen LogP contribution in [0.1, 0.15) is 6.42 Å². The van der Waals surface area contributed by atoms with Crippen LogP contribution in [0.5, 0.6) is 0 Å². The molecule has 2 rings (SSSR count). The van der Waals surface area contributed by atoms with Crippen molar-refractivity contribution in [2.75, 3.05) is 17.7 Å². The fourth-order valence-corrected chi connectivity index (χ4v) is 2.71. The maximum Gasteiger partial charge on any atom is 0.185 e. The van der Waals surface area contributed by atoms with Gasteiger partial charge in [-0.05, 0) is 29.0 Å². The minimum absolute atomic E-state index is 0.0737. The summed E-state index contributed by atoms with van der Waals surface area (Å²) in [5, 5.41) is 11.8. The van der Waals surface area contributed by atoms with Gasteiger partial charge in [0.05, 0.1) is 16.3 Å². The summed E-state index contributed by atoms with van der Waals surface area (Å²) >= 11 is 6.11. The molecule has 1 aromatic carbocycles. The van der Waals surface area contributed by atoms with Crippen molar-refractivity contribution in [3.8, 4) is 11.4 Å². The molecule has 108 valence electrons. The number of benzene rings is 1. The Morgan fingerprint density at radius 1 is 1.40 bits per heavy atom. The maximum absolute atomic E-state index is 11.1. The van der Waals surface area contributed by atoms with Gasteiger partial charge in [0, 0.05) is 18.5 Å². The van der Waals surface area contributed by atoms with Gasteiger partial charge < -0.3 is 5.73 Å². The standard InChI is InChI=1S/C11H14ClN5O2S/c1-20(18,19)7-3-6-17-11(14-15-16-17)10-8(12)4-2-5-9(10)13/h2,4-5H,3,6-7,13H2,1H3. The van der Waals surface area contributed by atoms with Crippen molar-refractivity contribution < 1.29 is 8.42 Å². The molecule has 0 fully saturated rings. The summed E-state index contributed by atoms with van der Waals surface area (Å²) < 4.78 is 23.7. The van der Waals surface area contributed by atoms with E-state index < -0.39 is 9.84 Å². The third-order valence-corrected chi connectivity index (χ3v) is 4.03. The van der Waals surface area contributed by atoms with Gasteiger partial charge in [0.15, 0.2) is 5.82 Å². The van der Waals surface area contributed by atoms with Gasteiger partial charge in [-0.3, -0.25) is 0 Å². The van der Waals surface area contributed by atoms with Crippen molar-refractivity contribution in [3.63, 3.8) is 0 Å².